The molecule has 0 unspecified atom stereocenters. The van der Waals surface area contributed by atoms with Gasteiger partial charge in [-0.1, -0.05) is 43.3 Å². The molecule has 0 saturated carbocycles. The fourth-order valence-corrected chi connectivity index (χ4v) is 5.11. The molecule has 4 heterocycles. The van der Waals surface area contributed by atoms with Crippen LogP contribution >= 0.6 is 0 Å². The highest BCUT2D eigenvalue weighted by Crippen LogP contribution is 2.53. The van der Waals surface area contributed by atoms with Gasteiger partial charge in [-0.15, -0.1) is 0 Å². The Bertz CT molecular complexity index is 1060. The van der Waals surface area contributed by atoms with Crippen molar-refractivity contribution >= 4 is 17.5 Å². The van der Waals surface area contributed by atoms with Crippen LogP contribution in [0.15, 0.2) is 47.0 Å². The maximum Gasteiger partial charge on any atom is 0.234 e. The van der Waals surface area contributed by atoms with Crippen molar-refractivity contribution in [1.82, 2.24) is 10.1 Å². The number of fused-ring (bicyclic) bond motifs is 1. The smallest absolute Gasteiger partial charge is 0.234 e. The molecule has 2 saturated heterocycles. The normalized spacial score (nSPS) is 28.6. The molecule has 0 aliphatic carbocycles. The molecule has 5 rings (SSSR count). The van der Waals surface area contributed by atoms with Crippen LogP contribution in [0.4, 0.5) is 5.69 Å². The lowest BCUT2D eigenvalue weighted by atomic mass is 9.76. The summed E-state index contributed by atoms with van der Waals surface area (Å²) in [5, 5.41) is 3.97. The number of benzene rings is 1. The average Bonchev–Trinajstić information content (AvgIpc) is 3.49. The van der Waals surface area contributed by atoms with Crippen LogP contribution in [0.2, 0.25) is 0 Å². The Balaban J connectivity index is 1.39. The largest absolute Gasteiger partial charge is 0.361 e. The molecule has 31 heavy (non-hydrogen) atoms. The molecule has 3 aliphatic rings. The number of carbonyl (C=O) groups is 2. The molecule has 4 atom stereocenters. The number of ether oxygens (including phenoxy) is 1. The maximum atomic E-state index is 13.5. The zero-order valence-corrected chi connectivity index (χ0v) is 18.2. The van der Waals surface area contributed by atoms with Crippen LogP contribution in [0.25, 0.3) is 0 Å². The van der Waals surface area contributed by atoms with Crippen LogP contribution in [-0.2, 0) is 20.9 Å². The van der Waals surface area contributed by atoms with E-state index in [0.29, 0.717) is 30.5 Å². The van der Waals surface area contributed by atoms with Gasteiger partial charge in [0, 0.05) is 18.8 Å². The number of aromatic nitrogens is 1. The molecular weight excluding hydrogens is 394 g/mol. The van der Waals surface area contributed by atoms with Gasteiger partial charge in [-0.05, 0) is 30.5 Å². The van der Waals surface area contributed by atoms with Crippen LogP contribution in [0.1, 0.15) is 36.8 Å². The fourth-order valence-electron chi connectivity index (χ4n) is 5.11. The van der Waals surface area contributed by atoms with Gasteiger partial charge in [-0.25, -0.2) is 0 Å². The summed E-state index contributed by atoms with van der Waals surface area (Å²) in [7, 11) is 1.73. The van der Waals surface area contributed by atoms with Gasteiger partial charge in [-0.2, -0.15) is 0 Å². The molecular formula is C24H27N3O4. The molecule has 0 N–H and O–H groups in total. The van der Waals surface area contributed by atoms with E-state index >= 15 is 0 Å². The number of anilines is 1. The van der Waals surface area contributed by atoms with Crippen LogP contribution in [-0.4, -0.2) is 47.2 Å². The standard InChI is InChI=1S/C24H27N3O4/c1-14(2)16-5-7-18(8-6-16)27-13-24-10-9-19(30-24)20(21(24)23(27)29)22(28)26(4)12-17-11-15(3)31-25-17/h5-11,14,19-21H,12-13H2,1-4H3/t19-,20+,21-,24-/m0/s1. The van der Waals surface area contributed by atoms with E-state index in [2.05, 4.69) is 31.1 Å². The second-order valence-corrected chi connectivity index (χ2v) is 9.19. The van der Waals surface area contributed by atoms with Crippen molar-refractivity contribution in [3.8, 4) is 0 Å². The third kappa shape index (κ3) is 3.10. The summed E-state index contributed by atoms with van der Waals surface area (Å²) in [4.78, 5) is 30.3. The summed E-state index contributed by atoms with van der Waals surface area (Å²) in [6.07, 6.45) is 3.55. The van der Waals surface area contributed by atoms with E-state index in [1.807, 2.05) is 37.3 Å². The number of carbonyl (C=O) groups excluding carboxylic acids is 2. The van der Waals surface area contributed by atoms with Gasteiger partial charge in [0.05, 0.1) is 31.0 Å². The SMILES string of the molecule is Cc1cc(CN(C)C(=O)[C@@H]2[C@@H]3C=C[C@@]4(CN(c5ccc(C(C)C)cc5)C(=O)[C@H]24)O3)no1. The number of hydrogen-bond acceptors (Lipinski definition) is 5. The highest BCUT2D eigenvalue weighted by atomic mass is 16.5. The molecule has 2 bridgehead atoms. The minimum atomic E-state index is -0.732. The first-order valence-electron chi connectivity index (χ1n) is 10.7. The molecule has 2 aromatic rings. The van der Waals surface area contributed by atoms with Crippen molar-refractivity contribution < 1.29 is 18.8 Å². The van der Waals surface area contributed by atoms with Gasteiger partial charge in [0.1, 0.15) is 17.1 Å². The highest BCUT2D eigenvalue weighted by molar-refractivity contribution is 6.03. The van der Waals surface area contributed by atoms with Crippen molar-refractivity contribution in [1.29, 1.82) is 0 Å². The minimum absolute atomic E-state index is 0.0480. The number of amides is 2. The third-order valence-corrected chi connectivity index (χ3v) is 6.71. The van der Waals surface area contributed by atoms with E-state index in [9.17, 15) is 9.59 Å². The predicted molar refractivity (Wildman–Crippen MR) is 114 cm³/mol. The lowest BCUT2D eigenvalue weighted by Gasteiger charge is -2.27. The number of nitrogens with zero attached hydrogens (tertiary/aromatic N) is 3. The van der Waals surface area contributed by atoms with Crippen LogP contribution in [0.5, 0.6) is 0 Å². The van der Waals surface area contributed by atoms with Gasteiger partial charge in [0.15, 0.2) is 0 Å². The van der Waals surface area contributed by atoms with E-state index in [4.69, 9.17) is 9.26 Å². The van der Waals surface area contributed by atoms with E-state index in [1.165, 1.54) is 5.56 Å². The fraction of sp³-hybridized carbons (Fsp3) is 0.458. The van der Waals surface area contributed by atoms with E-state index in [1.54, 1.807) is 16.8 Å². The predicted octanol–water partition coefficient (Wildman–Crippen LogP) is 3.05. The molecule has 1 spiro atoms. The Morgan fingerprint density at radius 3 is 2.71 bits per heavy atom. The summed E-state index contributed by atoms with van der Waals surface area (Å²) < 4.78 is 11.4. The quantitative estimate of drug-likeness (QED) is 0.694. The molecule has 3 aliphatic heterocycles. The number of rotatable bonds is 5. The van der Waals surface area contributed by atoms with Crippen LogP contribution in [0, 0.1) is 18.8 Å². The molecule has 7 nitrogen and oxygen atoms in total. The van der Waals surface area contributed by atoms with Crippen molar-refractivity contribution in [3.63, 3.8) is 0 Å². The average molecular weight is 421 g/mol. The van der Waals surface area contributed by atoms with Crippen LogP contribution in [0.3, 0.4) is 0 Å². The molecule has 1 aromatic heterocycles. The molecule has 1 aromatic carbocycles. The zero-order chi connectivity index (χ0) is 21.9. The second kappa shape index (κ2) is 7.05. The second-order valence-electron chi connectivity index (χ2n) is 9.19. The van der Waals surface area contributed by atoms with Gasteiger partial charge in [0.25, 0.3) is 0 Å². The molecule has 162 valence electrons. The van der Waals surface area contributed by atoms with Crippen molar-refractivity contribution in [3.05, 3.63) is 59.5 Å². The minimum Gasteiger partial charge on any atom is -0.361 e. The van der Waals surface area contributed by atoms with E-state index in [-0.39, 0.29) is 17.9 Å². The molecule has 2 fully saturated rings. The lowest BCUT2D eigenvalue weighted by molar-refractivity contribution is -0.139. The van der Waals surface area contributed by atoms with Gasteiger partial charge in [-0.3, -0.25) is 9.59 Å². The first kappa shape index (κ1) is 20.0. The van der Waals surface area contributed by atoms with Gasteiger partial charge < -0.3 is 19.1 Å². The molecule has 2 amide bonds. The monoisotopic (exact) mass is 421 g/mol. The summed E-state index contributed by atoms with van der Waals surface area (Å²) in [6.45, 7) is 6.86. The summed E-state index contributed by atoms with van der Waals surface area (Å²) in [5.74, 6) is -0.0718. The first-order chi connectivity index (χ1) is 14.8. The summed E-state index contributed by atoms with van der Waals surface area (Å²) >= 11 is 0. The number of hydrogen-bond donors (Lipinski definition) is 0. The Morgan fingerprint density at radius 1 is 1.32 bits per heavy atom. The van der Waals surface area contributed by atoms with Crippen molar-refractivity contribution in [2.24, 2.45) is 11.8 Å². The highest BCUT2D eigenvalue weighted by Gasteiger charge is 2.67. The van der Waals surface area contributed by atoms with Crippen LogP contribution < -0.4 is 4.90 Å². The lowest BCUT2D eigenvalue weighted by Crippen LogP contribution is -2.44. The maximum absolute atomic E-state index is 13.5. The zero-order valence-electron chi connectivity index (χ0n) is 18.2. The number of aryl methyl sites for hydroxylation is 1. The van der Waals surface area contributed by atoms with Crippen molar-refractivity contribution in [2.75, 3.05) is 18.5 Å². The third-order valence-electron chi connectivity index (χ3n) is 6.71. The summed E-state index contributed by atoms with van der Waals surface area (Å²) in [6, 6.07) is 9.90. The summed E-state index contributed by atoms with van der Waals surface area (Å²) in [5.41, 5.74) is 2.02. The Hall–Kier alpha value is -2.93. The molecule has 7 heteroatoms. The van der Waals surface area contributed by atoms with Gasteiger partial charge in [0.2, 0.25) is 11.8 Å². The van der Waals surface area contributed by atoms with E-state index in [0.717, 1.165) is 5.69 Å². The Kier molecular flexibility index (Phi) is 4.55. The first-order valence-corrected chi connectivity index (χ1v) is 10.7. The molecule has 0 radical (unpaired) electrons. The Morgan fingerprint density at radius 2 is 2.06 bits per heavy atom. The van der Waals surface area contributed by atoms with E-state index < -0.39 is 17.4 Å². The topological polar surface area (TPSA) is 75.9 Å². The van der Waals surface area contributed by atoms with Gasteiger partial charge >= 0.3 is 0 Å². The van der Waals surface area contributed by atoms with Crippen molar-refractivity contribution in [2.45, 2.75) is 44.9 Å². The Labute approximate surface area is 181 Å².